The Bertz CT molecular complexity index is 793. The molecule has 3 N–H and O–H groups in total. The van der Waals surface area contributed by atoms with Crippen molar-refractivity contribution in [3.8, 4) is 11.5 Å². The van der Waals surface area contributed by atoms with Crippen molar-refractivity contribution in [1.29, 1.82) is 0 Å². The van der Waals surface area contributed by atoms with E-state index in [1.165, 1.54) is 0 Å². The van der Waals surface area contributed by atoms with Crippen LogP contribution in [0.5, 0.6) is 0 Å². The second kappa shape index (κ2) is 6.15. The first-order chi connectivity index (χ1) is 12.1. The summed E-state index contributed by atoms with van der Waals surface area (Å²) in [4.78, 5) is 16.7. The minimum absolute atomic E-state index is 0.106. The Balaban J connectivity index is 1.49. The van der Waals surface area contributed by atoms with Crippen LogP contribution in [-0.4, -0.2) is 34.4 Å². The first-order valence-corrected chi connectivity index (χ1v) is 8.69. The average Bonchev–Trinajstić information content (AvgIpc) is 3.54. The Morgan fingerprint density at radius 1 is 1.40 bits per heavy atom. The van der Waals surface area contributed by atoms with Gasteiger partial charge < -0.3 is 20.3 Å². The van der Waals surface area contributed by atoms with E-state index in [-0.39, 0.29) is 18.1 Å². The number of carbonyl (C=O) groups excluding carboxylic acids is 1. The van der Waals surface area contributed by atoms with Crippen LogP contribution in [0.4, 0.5) is 10.5 Å². The maximum atomic E-state index is 12.2. The molecule has 1 aromatic heterocycles. The molecule has 0 bridgehead atoms. The van der Waals surface area contributed by atoms with Crippen molar-refractivity contribution in [2.45, 2.75) is 38.5 Å². The van der Waals surface area contributed by atoms with Gasteiger partial charge in [0, 0.05) is 17.9 Å². The Morgan fingerprint density at radius 2 is 2.20 bits per heavy atom. The van der Waals surface area contributed by atoms with Crippen LogP contribution in [0.3, 0.4) is 0 Å². The minimum atomic E-state index is -0.299. The molecule has 0 radical (unpaired) electrons. The number of benzene rings is 1. The monoisotopic (exact) mass is 342 g/mol. The molecule has 2 aliphatic rings. The van der Waals surface area contributed by atoms with Gasteiger partial charge in [-0.1, -0.05) is 16.8 Å². The topological polar surface area (TPSA) is 100 Å². The van der Waals surface area contributed by atoms with Gasteiger partial charge in [-0.25, -0.2) is 4.79 Å². The summed E-state index contributed by atoms with van der Waals surface area (Å²) in [7, 11) is 0. The van der Waals surface area contributed by atoms with E-state index < -0.39 is 0 Å². The van der Waals surface area contributed by atoms with E-state index in [0.717, 1.165) is 42.6 Å². The Morgan fingerprint density at radius 3 is 2.88 bits per heavy atom. The molecule has 4 rings (SSSR count). The van der Waals surface area contributed by atoms with E-state index in [2.05, 4.69) is 20.8 Å². The largest absolute Gasteiger partial charge is 0.396 e. The first-order valence-electron chi connectivity index (χ1n) is 8.69. The van der Waals surface area contributed by atoms with Gasteiger partial charge in [0.05, 0.1) is 17.9 Å². The molecule has 0 aliphatic heterocycles. The number of nitrogens with one attached hydrogen (secondary N) is 2. The quantitative estimate of drug-likeness (QED) is 0.749. The summed E-state index contributed by atoms with van der Waals surface area (Å²) < 4.78 is 5.40. The van der Waals surface area contributed by atoms with E-state index in [4.69, 9.17) is 4.52 Å². The van der Waals surface area contributed by atoms with Crippen molar-refractivity contribution < 1.29 is 14.4 Å². The van der Waals surface area contributed by atoms with Crippen LogP contribution < -0.4 is 10.6 Å². The molecule has 132 valence electrons. The summed E-state index contributed by atoms with van der Waals surface area (Å²) in [6.45, 7) is 2.56. The van der Waals surface area contributed by atoms with E-state index in [0.29, 0.717) is 24.0 Å². The SMILES string of the molecule is Cc1ccc(NC(=O)NCC2(CO)CC2)c(-c2nc(C3CC3)no2)c1. The van der Waals surface area contributed by atoms with Gasteiger partial charge in [0.1, 0.15) is 0 Å². The highest BCUT2D eigenvalue weighted by Crippen LogP contribution is 2.44. The number of hydrogen-bond acceptors (Lipinski definition) is 5. The van der Waals surface area contributed by atoms with Crippen LogP contribution in [0.15, 0.2) is 22.7 Å². The van der Waals surface area contributed by atoms with Crippen LogP contribution in [0.25, 0.3) is 11.5 Å². The third kappa shape index (κ3) is 3.51. The number of urea groups is 1. The third-order valence-corrected chi connectivity index (χ3v) is 4.95. The standard InChI is InChI=1S/C18H22N4O3/c1-11-2-5-14(20-17(24)19-9-18(10-23)6-7-18)13(8-11)16-21-15(22-25-16)12-3-4-12/h2,5,8,12,23H,3-4,6-7,9-10H2,1H3,(H2,19,20,24). The molecular weight excluding hydrogens is 320 g/mol. The molecule has 2 aliphatic carbocycles. The zero-order chi connectivity index (χ0) is 17.4. The highest BCUT2D eigenvalue weighted by Gasteiger charge is 2.42. The number of aryl methyl sites for hydroxylation is 1. The molecule has 7 heteroatoms. The number of nitrogens with zero attached hydrogens (tertiary/aromatic N) is 2. The Labute approximate surface area is 145 Å². The highest BCUT2D eigenvalue weighted by atomic mass is 16.5. The fourth-order valence-electron chi connectivity index (χ4n) is 2.80. The van der Waals surface area contributed by atoms with Gasteiger partial charge in [-0.3, -0.25) is 0 Å². The molecule has 2 amide bonds. The molecule has 2 fully saturated rings. The van der Waals surface area contributed by atoms with Gasteiger partial charge in [-0.05, 0) is 44.7 Å². The van der Waals surface area contributed by atoms with Gasteiger partial charge in [-0.2, -0.15) is 4.98 Å². The first kappa shape index (κ1) is 16.1. The maximum Gasteiger partial charge on any atom is 0.319 e. The van der Waals surface area contributed by atoms with Crippen LogP contribution in [0.1, 0.15) is 43.0 Å². The number of anilines is 1. The van der Waals surface area contributed by atoms with Crippen molar-refractivity contribution in [1.82, 2.24) is 15.5 Å². The highest BCUT2D eigenvalue weighted by molar-refractivity contribution is 5.93. The van der Waals surface area contributed by atoms with Crippen molar-refractivity contribution in [3.05, 3.63) is 29.6 Å². The minimum Gasteiger partial charge on any atom is -0.396 e. The number of amides is 2. The van der Waals surface area contributed by atoms with Crippen molar-refractivity contribution in [3.63, 3.8) is 0 Å². The molecule has 2 saturated carbocycles. The van der Waals surface area contributed by atoms with Gasteiger partial charge in [0.25, 0.3) is 5.89 Å². The number of hydrogen-bond donors (Lipinski definition) is 3. The summed E-state index contributed by atoms with van der Waals surface area (Å²) in [5.74, 6) is 1.58. The molecule has 1 heterocycles. The Kier molecular flexibility index (Phi) is 3.95. The summed E-state index contributed by atoms with van der Waals surface area (Å²) in [5, 5.41) is 19.1. The average molecular weight is 342 g/mol. The molecule has 1 aromatic carbocycles. The zero-order valence-electron chi connectivity index (χ0n) is 14.2. The molecule has 7 nitrogen and oxygen atoms in total. The zero-order valence-corrected chi connectivity index (χ0v) is 14.2. The molecular formula is C18H22N4O3. The summed E-state index contributed by atoms with van der Waals surface area (Å²) >= 11 is 0. The van der Waals surface area contributed by atoms with Gasteiger partial charge in [0.15, 0.2) is 5.82 Å². The number of aliphatic hydroxyl groups excluding tert-OH is 1. The van der Waals surface area contributed by atoms with Crippen LogP contribution in [0, 0.1) is 12.3 Å². The van der Waals surface area contributed by atoms with Crippen LogP contribution in [-0.2, 0) is 0 Å². The molecule has 0 unspecified atom stereocenters. The fraction of sp³-hybridized carbons (Fsp3) is 0.500. The van der Waals surface area contributed by atoms with E-state index in [9.17, 15) is 9.90 Å². The second-order valence-corrected chi connectivity index (χ2v) is 7.25. The van der Waals surface area contributed by atoms with Crippen LogP contribution in [0.2, 0.25) is 0 Å². The summed E-state index contributed by atoms with van der Waals surface area (Å²) in [5.41, 5.74) is 2.27. The molecule has 0 saturated heterocycles. The number of aromatic nitrogens is 2. The maximum absolute atomic E-state index is 12.2. The lowest BCUT2D eigenvalue weighted by Crippen LogP contribution is -2.35. The predicted octanol–water partition coefficient (Wildman–Crippen LogP) is 2.82. The molecule has 25 heavy (non-hydrogen) atoms. The Hall–Kier alpha value is -2.41. The second-order valence-electron chi connectivity index (χ2n) is 7.25. The van der Waals surface area contributed by atoms with Crippen molar-refractivity contribution in [2.75, 3.05) is 18.5 Å². The van der Waals surface area contributed by atoms with E-state index in [1.54, 1.807) is 0 Å². The normalized spacial score (nSPS) is 18.0. The number of rotatable bonds is 6. The van der Waals surface area contributed by atoms with Crippen molar-refractivity contribution in [2.24, 2.45) is 5.41 Å². The lowest BCUT2D eigenvalue weighted by Gasteiger charge is -2.14. The lowest BCUT2D eigenvalue weighted by atomic mass is 10.1. The number of carbonyl (C=O) groups is 1. The third-order valence-electron chi connectivity index (χ3n) is 4.95. The molecule has 2 aromatic rings. The molecule has 0 spiro atoms. The van der Waals surface area contributed by atoms with Crippen molar-refractivity contribution >= 4 is 11.7 Å². The fourth-order valence-corrected chi connectivity index (χ4v) is 2.80. The summed E-state index contributed by atoms with van der Waals surface area (Å²) in [6, 6.07) is 5.39. The predicted molar refractivity (Wildman–Crippen MR) is 92.2 cm³/mol. The molecule has 0 atom stereocenters. The van der Waals surface area contributed by atoms with Gasteiger partial charge in [-0.15, -0.1) is 0 Å². The van der Waals surface area contributed by atoms with Crippen LogP contribution >= 0.6 is 0 Å². The van der Waals surface area contributed by atoms with E-state index in [1.807, 2.05) is 25.1 Å². The number of aliphatic hydroxyl groups is 1. The summed E-state index contributed by atoms with van der Waals surface area (Å²) in [6.07, 6.45) is 4.11. The van der Waals surface area contributed by atoms with Gasteiger partial charge >= 0.3 is 6.03 Å². The van der Waals surface area contributed by atoms with E-state index >= 15 is 0 Å². The lowest BCUT2D eigenvalue weighted by molar-refractivity contribution is 0.206. The van der Waals surface area contributed by atoms with Gasteiger partial charge in [0.2, 0.25) is 0 Å². The smallest absolute Gasteiger partial charge is 0.319 e.